The van der Waals surface area contributed by atoms with E-state index in [-0.39, 0.29) is 5.91 Å². The van der Waals surface area contributed by atoms with Gasteiger partial charge in [-0.1, -0.05) is 46.4 Å². The highest BCUT2D eigenvalue weighted by atomic mass is 32.2. The molecule has 0 aliphatic heterocycles. The monoisotopic (exact) mass is 473 g/mol. The van der Waals surface area contributed by atoms with Crippen molar-refractivity contribution in [3.8, 4) is 0 Å². The summed E-state index contributed by atoms with van der Waals surface area (Å²) < 4.78 is 33.3. The third-order valence-corrected chi connectivity index (χ3v) is 5.23. The Labute approximate surface area is 190 Å². The maximum absolute atomic E-state index is 12.1. The zero-order chi connectivity index (χ0) is 24.5. The fourth-order valence-corrected chi connectivity index (χ4v) is 3.59. The number of amides is 1. The number of aromatic nitrogens is 3. The molecule has 32 heavy (non-hydrogen) atoms. The average Bonchev–Trinajstić information content (AvgIpc) is 3.05. The fraction of sp³-hybridized carbons (Fsp3) is 0.524. The number of anilines is 1. The average molecular weight is 474 g/mol. The summed E-state index contributed by atoms with van der Waals surface area (Å²) in [5.74, 6) is -0.0238. The molecule has 2 aromatic rings. The van der Waals surface area contributed by atoms with Crippen molar-refractivity contribution in [1.82, 2.24) is 14.8 Å². The largest absolute Gasteiger partial charge is 0.446 e. The van der Waals surface area contributed by atoms with Crippen LogP contribution in [-0.2, 0) is 29.0 Å². The molecule has 0 saturated carbocycles. The second-order valence-corrected chi connectivity index (χ2v) is 8.82. The van der Waals surface area contributed by atoms with E-state index < -0.39 is 17.9 Å². The third kappa shape index (κ3) is 8.62. The number of rotatable bonds is 7. The standard InChI is InChI=1S/C19H29N5OS.C2HF3O/c1-6-14-17(15(7-2)24(23-14)11-10-20)26-16-9-8-13(12-21-16)22-18(25)19(3,4)5;3-2(4,5)1-6/h8-9,12H,6-7,10-11,20H2,1-5H3,(H,22,25);1H. The van der Waals surface area contributed by atoms with E-state index in [0.717, 1.165) is 30.1 Å². The molecule has 3 N–H and O–H groups in total. The first-order valence-corrected chi connectivity index (χ1v) is 10.9. The predicted octanol–water partition coefficient (Wildman–Crippen LogP) is 4.25. The highest BCUT2D eigenvalue weighted by Gasteiger charge is 2.25. The minimum Gasteiger partial charge on any atom is -0.329 e. The molecule has 0 spiro atoms. The fourth-order valence-electron chi connectivity index (χ4n) is 2.47. The summed E-state index contributed by atoms with van der Waals surface area (Å²) >= 11 is 1.62. The smallest absolute Gasteiger partial charge is 0.329 e. The zero-order valence-electron chi connectivity index (χ0n) is 18.9. The lowest BCUT2D eigenvalue weighted by atomic mass is 9.96. The first kappa shape index (κ1) is 27.6. The van der Waals surface area contributed by atoms with Gasteiger partial charge in [-0.2, -0.15) is 18.3 Å². The number of hydrogen-bond acceptors (Lipinski definition) is 6. The molecular formula is C21H30F3N5O2S. The van der Waals surface area contributed by atoms with E-state index >= 15 is 0 Å². The molecule has 0 saturated heterocycles. The summed E-state index contributed by atoms with van der Waals surface area (Å²) in [6, 6.07) is 3.82. The van der Waals surface area contributed by atoms with Crippen LogP contribution < -0.4 is 11.1 Å². The summed E-state index contributed by atoms with van der Waals surface area (Å²) in [5.41, 5.74) is 8.26. The number of nitrogens with one attached hydrogen (secondary N) is 1. The highest BCUT2D eigenvalue weighted by molar-refractivity contribution is 7.99. The van der Waals surface area contributed by atoms with Gasteiger partial charge in [-0.05, 0) is 25.0 Å². The van der Waals surface area contributed by atoms with Crippen LogP contribution in [0.5, 0.6) is 0 Å². The van der Waals surface area contributed by atoms with E-state index in [0.29, 0.717) is 12.2 Å². The maximum atomic E-state index is 12.1. The molecular weight excluding hydrogens is 443 g/mol. The minimum absolute atomic E-state index is 0.0238. The lowest BCUT2D eigenvalue weighted by Gasteiger charge is -2.17. The number of nitrogens with zero attached hydrogens (tertiary/aromatic N) is 3. The van der Waals surface area contributed by atoms with Crippen molar-refractivity contribution in [3.63, 3.8) is 0 Å². The Hall–Kier alpha value is -2.40. The predicted molar refractivity (Wildman–Crippen MR) is 119 cm³/mol. The molecule has 2 aromatic heterocycles. The second-order valence-electron chi connectivity index (χ2n) is 7.79. The molecule has 2 heterocycles. The van der Waals surface area contributed by atoms with Crippen molar-refractivity contribution < 1.29 is 22.8 Å². The normalized spacial score (nSPS) is 11.5. The van der Waals surface area contributed by atoms with Crippen LogP contribution in [0.15, 0.2) is 28.3 Å². The Morgan fingerprint density at radius 2 is 1.84 bits per heavy atom. The Morgan fingerprint density at radius 3 is 2.25 bits per heavy atom. The lowest BCUT2D eigenvalue weighted by Crippen LogP contribution is -2.27. The van der Waals surface area contributed by atoms with Gasteiger partial charge in [0.15, 0.2) is 0 Å². The Morgan fingerprint density at radius 1 is 1.22 bits per heavy atom. The molecule has 178 valence electrons. The van der Waals surface area contributed by atoms with Crippen LogP contribution in [0.25, 0.3) is 0 Å². The SMILES string of the molecule is CCc1nn(CCN)c(CC)c1Sc1ccc(NC(=O)C(C)(C)C)cn1.O=CC(F)(F)F. The second kappa shape index (κ2) is 12.0. The van der Waals surface area contributed by atoms with E-state index in [1.807, 2.05) is 37.6 Å². The van der Waals surface area contributed by atoms with Crippen LogP contribution in [0.1, 0.15) is 46.0 Å². The summed E-state index contributed by atoms with van der Waals surface area (Å²) in [6.45, 7) is 11.2. The number of aryl methyl sites for hydroxylation is 1. The molecule has 1 amide bonds. The van der Waals surface area contributed by atoms with Gasteiger partial charge in [0.1, 0.15) is 5.03 Å². The van der Waals surface area contributed by atoms with E-state index in [4.69, 9.17) is 15.6 Å². The number of nitrogens with two attached hydrogens (primary N) is 1. The van der Waals surface area contributed by atoms with Gasteiger partial charge < -0.3 is 11.1 Å². The first-order valence-electron chi connectivity index (χ1n) is 10.1. The molecule has 0 bridgehead atoms. The Kier molecular flexibility index (Phi) is 10.4. The van der Waals surface area contributed by atoms with E-state index in [1.165, 1.54) is 10.6 Å². The van der Waals surface area contributed by atoms with Gasteiger partial charge in [0.05, 0.1) is 34.7 Å². The van der Waals surface area contributed by atoms with Crippen molar-refractivity contribution >= 4 is 29.6 Å². The number of carbonyl (C=O) groups excluding carboxylic acids is 2. The molecule has 7 nitrogen and oxygen atoms in total. The van der Waals surface area contributed by atoms with Gasteiger partial charge in [0, 0.05) is 12.0 Å². The summed E-state index contributed by atoms with van der Waals surface area (Å²) in [6.07, 6.45) is -2.23. The molecule has 0 aromatic carbocycles. The molecule has 0 fully saturated rings. The van der Waals surface area contributed by atoms with Gasteiger partial charge in [-0.15, -0.1) is 0 Å². The van der Waals surface area contributed by atoms with Crippen molar-refractivity contribution in [3.05, 3.63) is 29.7 Å². The van der Waals surface area contributed by atoms with E-state index in [9.17, 15) is 18.0 Å². The van der Waals surface area contributed by atoms with Gasteiger partial charge in [-0.25, -0.2) is 4.98 Å². The molecule has 11 heteroatoms. The number of pyridine rings is 1. The van der Waals surface area contributed by atoms with Crippen molar-refractivity contribution in [1.29, 1.82) is 0 Å². The van der Waals surface area contributed by atoms with Crippen LogP contribution in [0.4, 0.5) is 18.9 Å². The van der Waals surface area contributed by atoms with Crippen molar-refractivity contribution in [2.24, 2.45) is 11.1 Å². The maximum Gasteiger partial charge on any atom is 0.446 e. The quantitative estimate of drug-likeness (QED) is 0.583. The van der Waals surface area contributed by atoms with Gasteiger partial charge in [0.2, 0.25) is 12.2 Å². The number of aldehydes is 1. The van der Waals surface area contributed by atoms with Gasteiger partial charge in [0.25, 0.3) is 0 Å². The number of alkyl halides is 3. The van der Waals surface area contributed by atoms with Crippen LogP contribution >= 0.6 is 11.8 Å². The number of halogens is 3. The molecule has 2 rings (SSSR count). The van der Waals surface area contributed by atoms with Crippen LogP contribution in [0.2, 0.25) is 0 Å². The first-order chi connectivity index (χ1) is 14.9. The third-order valence-electron chi connectivity index (χ3n) is 4.10. The van der Waals surface area contributed by atoms with Gasteiger partial charge in [-0.3, -0.25) is 14.3 Å². The lowest BCUT2D eigenvalue weighted by molar-refractivity contribution is -0.156. The zero-order valence-corrected chi connectivity index (χ0v) is 19.7. The molecule has 0 aliphatic carbocycles. The molecule has 0 unspecified atom stereocenters. The number of carbonyl (C=O) groups is 2. The topological polar surface area (TPSA) is 103 Å². The number of hydrogen-bond donors (Lipinski definition) is 2. The van der Waals surface area contributed by atoms with Crippen molar-refractivity contribution in [2.45, 2.75) is 70.1 Å². The van der Waals surface area contributed by atoms with E-state index in [2.05, 4.69) is 24.1 Å². The Balaban J connectivity index is 0.000000751. The van der Waals surface area contributed by atoms with Crippen LogP contribution in [0, 0.1) is 5.41 Å². The minimum atomic E-state index is -4.64. The van der Waals surface area contributed by atoms with Gasteiger partial charge >= 0.3 is 6.18 Å². The molecule has 0 aliphatic rings. The van der Waals surface area contributed by atoms with Crippen LogP contribution in [-0.4, -0.2) is 39.7 Å². The van der Waals surface area contributed by atoms with Crippen molar-refractivity contribution in [2.75, 3.05) is 11.9 Å². The molecule has 0 atom stereocenters. The highest BCUT2D eigenvalue weighted by Crippen LogP contribution is 2.33. The van der Waals surface area contributed by atoms with Crippen LogP contribution in [0.3, 0.4) is 0 Å². The summed E-state index contributed by atoms with van der Waals surface area (Å²) in [5, 5.41) is 8.48. The summed E-state index contributed by atoms with van der Waals surface area (Å²) in [7, 11) is 0. The molecule has 0 radical (unpaired) electrons. The summed E-state index contributed by atoms with van der Waals surface area (Å²) in [4.78, 5) is 26.4. The van der Waals surface area contributed by atoms with E-state index in [1.54, 1.807) is 18.0 Å². The Bertz CT molecular complexity index is 891.